The van der Waals surface area contributed by atoms with Gasteiger partial charge in [0.1, 0.15) is 5.75 Å². The van der Waals surface area contributed by atoms with Crippen molar-refractivity contribution >= 4 is 65.6 Å². The van der Waals surface area contributed by atoms with Gasteiger partial charge in [-0.05, 0) is 95.1 Å². The van der Waals surface area contributed by atoms with E-state index < -0.39 is 0 Å². The Morgan fingerprint density at radius 3 is 1.52 bits per heavy atom. The van der Waals surface area contributed by atoms with E-state index in [2.05, 4.69) is 174 Å². The summed E-state index contributed by atoms with van der Waals surface area (Å²) in [5, 5.41) is 14.2. The summed E-state index contributed by atoms with van der Waals surface area (Å²) in [6, 6.07) is 69.6. The van der Waals surface area contributed by atoms with Crippen LogP contribution in [0.2, 0.25) is 0 Å². The Labute approximate surface area is 307 Å². The molecule has 0 unspecified atom stereocenters. The van der Waals surface area contributed by atoms with E-state index in [-0.39, 0.29) is 5.75 Å². The third-order valence-corrected chi connectivity index (χ3v) is 10.7. The van der Waals surface area contributed by atoms with E-state index in [1.807, 2.05) is 36.4 Å². The largest absolute Gasteiger partial charge is 0.506 e. The van der Waals surface area contributed by atoms with E-state index in [1.165, 1.54) is 20.2 Å². The van der Waals surface area contributed by atoms with Gasteiger partial charge in [0, 0.05) is 38.2 Å². The summed E-state index contributed by atoms with van der Waals surface area (Å²) in [7, 11) is 0. The van der Waals surface area contributed by atoms with Crippen LogP contribution in [0.1, 0.15) is 0 Å². The molecule has 9 rings (SSSR count). The van der Waals surface area contributed by atoms with Crippen LogP contribution in [0.4, 0.5) is 34.1 Å². The van der Waals surface area contributed by atoms with E-state index in [0.717, 1.165) is 50.7 Å². The van der Waals surface area contributed by atoms with Crippen molar-refractivity contribution in [3.05, 3.63) is 200 Å². The average molecular weight is 687 g/mol. The number of hydrogen-bond donors (Lipinski definition) is 1. The third kappa shape index (κ3) is 5.85. The number of phenols is 1. The molecule has 0 atom stereocenters. The van der Waals surface area contributed by atoms with Crippen LogP contribution < -0.4 is 9.80 Å². The lowest BCUT2D eigenvalue weighted by Gasteiger charge is -2.30. The monoisotopic (exact) mass is 686 g/mol. The van der Waals surface area contributed by atoms with Crippen molar-refractivity contribution in [2.24, 2.45) is 0 Å². The molecule has 0 aliphatic carbocycles. The van der Waals surface area contributed by atoms with Crippen molar-refractivity contribution in [2.45, 2.75) is 0 Å². The average Bonchev–Trinajstić information content (AvgIpc) is 3.60. The number of rotatable bonds is 8. The number of thiophene rings is 1. The van der Waals surface area contributed by atoms with Crippen LogP contribution in [0, 0.1) is 0 Å². The van der Waals surface area contributed by atoms with Crippen molar-refractivity contribution in [3.63, 3.8) is 0 Å². The summed E-state index contributed by atoms with van der Waals surface area (Å²) >= 11 is 1.78. The molecule has 0 aliphatic rings. The molecule has 0 spiro atoms. The van der Waals surface area contributed by atoms with Crippen molar-refractivity contribution < 1.29 is 5.11 Å². The van der Waals surface area contributed by atoms with Crippen LogP contribution in [0.5, 0.6) is 5.75 Å². The molecule has 1 aromatic heterocycles. The fourth-order valence-corrected chi connectivity index (χ4v) is 8.29. The second kappa shape index (κ2) is 13.6. The highest BCUT2D eigenvalue weighted by Crippen LogP contribution is 2.49. The number of anilines is 6. The molecular formula is C48H34N2OS. The molecule has 8 aromatic carbocycles. The van der Waals surface area contributed by atoms with Gasteiger partial charge in [-0.2, -0.15) is 0 Å². The summed E-state index contributed by atoms with van der Waals surface area (Å²) in [5.41, 5.74) is 10.2. The second-order valence-electron chi connectivity index (χ2n) is 12.8. The van der Waals surface area contributed by atoms with E-state index in [1.54, 1.807) is 11.3 Å². The fraction of sp³-hybridized carbons (Fsp3) is 0. The topological polar surface area (TPSA) is 26.7 Å². The number of aromatic hydroxyl groups is 1. The minimum absolute atomic E-state index is 0.196. The highest BCUT2D eigenvalue weighted by atomic mass is 32.1. The SMILES string of the molecule is Oc1ccc(N(c2ccccc2)c2cc(-c3ccccc3)cc(-c3ccccc3)c2)cc1N(c1ccccc1)c1cccc2c1sc1ccccc12. The summed E-state index contributed by atoms with van der Waals surface area (Å²) in [6.45, 7) is 0. The normalized spacial score (nSPS) is 11.2. The Kier molecular flexibility index (Phi) is 8.20. The lowest BCUT2D eigenvalue weighted by atomic mass is 9.97. The summed E-state index contributed by atoms with van der Waals surface area (Å²) in [5.74, 6) is 0.196. The van der Waals surface area contributed by atoms with Crippen molar-refractivity contribution in [1.82, 2.24) is 0 Å². The molecule has 0 amide bonds. The zero-order chi connectivity index (χ0) is 34.9. The Bertz CT molecular complexity index is 2580. The highest BCUT2D eigenvalue weighted by molar-refractivity contribution is 7.26. The van der Waals surface area contributed by atoms with Gasteiger partial charge in [-0.25, -0.2) is 0 Å². The predicted molar refractivity (Wildman–Crippen MR) is 221 cm³/mol. The third-order valence-electron chi connectivity index (χ3n) is 9.50. The van der Waals surface area contributed by atoms with Crippen LogP contribution in [-0.2, 0) is 0 Å². The minimum atomic E-state index is 0.196. The van der Waals surface area contributed by atoms with Crippen molar-refractivity contribution in [3.8, 4) is 28.0 Å². The van der Waals surface area contributed by atoms with E-state index in [0.29, 0.717) is 5.69 Å². The standard InChI is InChI=1S/C48H34N2OS/c51-46-29-28-40(33-45(46)50(39-22-11-4-12-23-39)44-26-15-25-43-42-24-13-14-27-47(42)52-48(43)44)49(38-20-9-3-10-21-38)41-31-36(34-16-5-1-6-17-34)30-37(32-41)35-18-7-2-8-19-35/h1-33,51H. The number of phenolic OH excluding ortho intramolecular Hbond substituents is 1. The molecular weight excluding hydrogens is 653 g/mol. The second-order valence-corrected chi connectivity index (χ2v) is 13.8. The van der Waals surface area contributed by atoms with E-state index in [9.17, 15) is 5.11 Å². The zero-order valence-electron chi connectivity index (χ0n) is 28.3. The molecule has 1 N–H and O–H groups in total. The van der Waals surface area contributed by atoms with Gasteiger partial charge >= 0.3 is 0 Å². The van der Waals surface area contributed by atoms with Gasteiger partial charge in [0.25, 0.3) is 0 Å². The summed E-state index contributed by atoms with van der Waals surface area (Å²) in [6.07, 6.45) is 0. The predicted octanol–water partition coefficient (Wildman–Crippen LogP) is 14.0. The molecule has 9 aromatic rings. The molecule has 0 bridgehead atoms. The molecule has 0 saturated heterocycles. The van der Waals surface area contributed by atoms with Crippen LogP contribution in [-0.4, -0.2) is 5.11 Å². The van der Waals surface area contributed by atoms with Gasteiger partial charge in [0.2, 0.25) is 0 Å². The molecule has 52 heavy (non-hydrogen) atoms. The highest BCUT2D eigenvalue weighted by Gasteiger charge is 2.23. The van der Waals surface area contributed by atoms with Gasteiger partial charge in [-0.1, -0.05) is 127 Å². The van der Waals surface area contributed by atoms with Gasteiger partial charge in [-0.3, -0.25) is 0 Å². The first-order valence-electron chi connectivity index (χ1n) is 17.4. The van der Waals surface area contributed by atoms with Crippen LogP contribution in [0.3, 0.4) is 0 Å². The van der Waals surface area contributed by atoms with Crippen LogP contribution >= 0.6 is 11.3 Å². The van der Waals surface area contributed by atoms with Crippen molar-refractivity contribution in [1.29, 1.82) is 0 Å². The van der Waals surface area contributed by atoms with Crippen LogP contribution in [0.15, 0.2) is 200 Å². The molecule has 0 saturated carbocycles. The minimum Gasteiger partial charge on any atom is -0.506 e. The number of benzene rings is 8. The maximum absolute atomic E-state index is 11.8. The lowest BCUT2D eigenvalue weighted by Crippen LogP contribution is -2.13. The fourth-order valence-electron chi connectivity index (χ4n) is 7.08. The Morgan fingerprint density at radius 2 is 0.885 bits per heavy atom. The van der Waals surface area contributed by atoms with Gasteiger partial charge in [0.05, 0.1) is 16.1 Å². The first-order chi connectivity index (χ1) is 25.7. The van der Waals surface area contributed by atoms with Gasteiger partial charge in [0.15, 0.2) is 0 Å². The molecule has 1 heterocycles. The van der Waals surface area contributed by atoms with Gasteiger partial charge < -0.3 is 14.9 Å². The first-order valence-corrected chi connectivity index (χ1v) is 18.2. The van der Waals surface area contributed by atoms with Gasteiger partial charge in [-0.15, -0.1) is 11.3 Å². The number of nitrogens with zero attached hydrogens (tertiary/aromatic N) is 2. The molecule has 4 heteroatoms. The molecule has 0 aliphatic heterocycles. The van der Waals surface area contributed by atoms with Crippen molar-refractivity contribution in [2.75, 3.05) is 9.80 Å². The van der Waals surface area contributed by atoms with Crippen LogP contribution in [0.25, 0.3) is 42.4 Å². The zero-order valence-corrected chi connectivity index (χ0v) is 29.1. The quantitative estimate of drug-likeness (QED) is 0.172. The number of fused-ring (bicyclic) bond motifs is 3. The Morgan fingerprint density at radius 1 is 0.346 bits per heavy atom. The maximum atomic E-state index is 11.8. The Hall–Kier alpha value is -6.62. The number of para-hydroxylation sites is 2. The molecule has 3 nitrogen and oxygen atoms in total. The van der Waals surface area contributed by atoms with E-state index in [4.69, 9.17) is 0 Å². The lowest BCUT2D eigenvalue weighted by molar-refractivity contribution is 0.476. The van der Waals surface area contributed by atoms with E-state index >= 15 is 0 Å². The number of hydrogen-bond acceptors (Lipinski definition) is 4. The first kappa shape index (κ1) is 31.4. The smallest absolute Gasteiger partial charge is 0.139 e. The molecule has 0 radical (unpaired) electrons. The maximum Gasteiger partial charge on any atom is 0.139 e. The molecule has 0 fully saturated rings. The Balaban J connectivity index is 1.27. The molecule has 248 valence electrons. The summed E-state index contributed by atoms with van der Waals surface area (Å²) < 4.78 is 2.40. The summed E-state index contributed by atoms with van der Waals surface area (Å²) in [4.78, 5) is 4.47.